The molecule has 0 fully saturated rings. The first-order valence-corrected chi connectivity index (χ1v) is 6.13. The van der Waals surface area contributed by atoms with E-state index in [0.717, 1.165) is 17.1 Å². The zero-order valence-corrected chi connectivity index (χ0v) is 11.7. The molecule has 0 spiro atoms. The molecule has 3 N–H and O–H groups in total. The highest BCUT2D eigenvalue weighted by Gasteiger charge is 2.14. The second kappa shape index (κ2) is 5.22. The fourth-order valence-electron chi connectivity index (χ4n) is 1.87. The molecule has 0 aliphatic heterocycles. The molecule has 0 unspecified atom stereocenters. The predicted octanol–water partition coefficient (Wildman–Crippen LogP) is 2.80. The number of ether oxygens (including phenoxy) is 2. The van der Waals surface area contributed by atoms with Crippen LogP contribution in [0.5, 0.6) is 11.5 Å². The topological polar surface area (TPSA) is 73.2 Å². The van der Waals surface area contributed by atoms with Crippen molar-refractivity contribution in [2.24, 2.45) is 0 Å². The highest BCUT2D eigenvalue weighted by Crippen LogP contribution is 2.36. The second-order valence-corrected chi connectivity index (χ2v) is 4.64. The van der Waals surface area contributed by atoms with Crippen LogP contribution in [0, 0.1) is 0 Å². The molecule has 102 valence electrons. The SMILES string of the molecule is COc1cc(N)c(-c2ncc(C(C)C)[nH]2)cc1OC. The van der Waals surface area contributed by atoms with Gasteiger partial charge in [-0.05, 0) is 12.0 Å². The summed E-state index contributed by atoms with van der Waals surface area (Å²) in [6.45, 7) is 4.21. The molecule has 1 aromatic heterocycles. The first-order chi connectivity index (χ1) is 9.06. The molecule has 0 atom stereocenters. The van der Waals surface area contributed by atoms with Crippen molar-refractivity contribution >= 4 is 5.69 Å². The number of aromatic nitrogens is 2. The van der Waals surface area contributed by atoms with E-state index in [0.29, 0.717) is 23.1 Å². The molecule has 0 amide bonds. The van der Waals surface area contributed by atoms with Gasteiger partial charge in [-0.25, -0.2) is 4.98 Å². The van der Waals surface area contributed by atoms with Gasteiger partial charge in [-0.3, -0.25) is 0 Å². The number of benzene rings is 1. The fourth-order valence-corrected chi connectivity index (χ4v) is 1.87. The van der Waals surface area contributed by atoms with E-state index in [1.807, 2.05) is 12.3 Å². The van der Waals surface area contributed by atoms with Gasteiger partial charge in [0.1, 0.15) is 5.82 Å². The zero-order chi connectivity index (χ0) is 14.0. The first-order valence-electron chi connectivity index (χ1n) is 6.13. The molecule has 1 heterocycles. The molecule has 0 saturated carbocycles. The molecule has 0 aliphatic rings. The predicted molar refractivity (Wildman–Crippen MR) is 75.6 cm³/mol. The number of aromatic amines is 1. The van der Waals surface area contributed by atoms with Crippen molar-refractivity contribution in [2.45, 2.75) is 19.8 Å². The Morgan fingerprint density at radius 3 is 2.32 bits per heavy atom. The Kier molecular flexibility index (Phi) is 3.64. The summed E-state index contributed by atoms with van der Waals surface area (Å²) in [5.41, 5.74) is 8.52. The third kappa shape index (κ3) is 2.50. The number of rotatable bonds is 4. The van der Waals surface area contributed by atoms with Crippen LogP contribution in [0.15, 0.2) is 18.3 Å². The van der Waals surface area contributed by atoms with Crippen molar-refractivity contribution in [1.82, 2.24) is 9.97 Å². The Morgan fingerprint density at radius 2 is 1.79 bits per heavy atom. The van der Waals surface area contributed by atoms with E-state index < -0.39 is 0 Å². The summed E-state index contributed by atoms with van der Waals surface area (Å²) in [4.78, 5) is 7.64. The van der Waals surface area contributed by atoms with E-state index in [9.17, 15) is 0 Å². The van der Waals surface area contributed by atoms with Crippen LogP contribution in [0.1, 0.15) is 25.5 Å². The Bertz CT molecular complexity index is 576. The van der Waals surface area contributed by atoms with E-state index in [1.165, 1.54) is 0 Å². The van der Waals surface area contributed by atoms with Crippen LogP contribution in [-0.2, 0) is 0 Å². The third-order valence-electron chi connectivity index (χ3n) is 3.03. The van der Waals surface area contributed by atoms with Crippen LogP contribution in [-0.4, -0.2) is 24.2 Å². The molecule has 0 radical (unpaired) electrons. The lowest BCUT2D eigenvalue weighted by Crippen LogP contribution is -1.97. The van der Waals surface area contributed by atoms with E-state index in [1.54, 1.807) is 20.3 Å². The van der Waals surface area contributed by atoms with E-state index in [-0.39, 0.29) is 0 Å². The number of nitrogens with zero attached hydrogens (tertiary/aromatic N) is 1. The Hall–Kier alpha value is -2.17. The quantitative estimate of drug-likeness (QED) is 0.830. The minimum Gasteiger partial charge on any atom is -0.493 e. The van der Waals surface area contributed by atoms with Crippen LogP contribution in [0.2, 0.25) is 0 Å². The van der Waals surface area contributed by atoms with Crippen molar-refractivity contribution in [1.29, 1.82) is 0 Å². The van der Waals surface area contributed by atoms with Crippen LogP contribution < -0.4 is 15.2 Å². The molecular formula is C14H19N3O2. The Labute approximate surface area is 112 Å². The van der Waals surface area contributed by atoms with Gasteiger partial charge >= 0.3 is 0 Å². The number of H-pyrrole nitrogens is 1. The fraction of sp³-hybridized carbons (Fsp3) is 0.357. The normalized spacial score (nSPS) is 10.8. The zero-order valence-electron chi connectivity index (χ0n) is 11.7. The average Bonchev–Trinajstić information content (AvgIpc) is 2.87. The van der Waals surface area contributed by atoms with Gasteiger partial charge in [-0.15, -0.1) is 0 Å². The van der Waals surface area contributed by atoms with Gasteiger partial charge < -0.3 is 20.2 Å². The van der Waals surface area contributed by atoms with Crippen LogP contribution in [0.3, 0.4) is 0 Å². The maximum Gasteiger partial charge on any atom is 0.162 e. The first kappa shape index (κ1) is 13.3. The molecule has 2 aromatic rings. The summed E-state index contributed by atoms with van der Waals surface area (Å²) in [7, 11) is 3.18. The summed E-state index contributed by atoms with van der Waals surface area (Å²) in [6, 6.07) is 3.57. The lowest BCUT2D eigenvalue weighted by Gasteiger charge is -2.11. The van der Waals surface area contributed by atoms with E-state index >= 15 is 0 Å². The molecule has 2 rings (SSSR count). The Balaban J connectivity index is 2.49. The van der Waals surface area contributed by atoms with Crippen molar-refractivity contribution in [3.63, 3.8) is 0 Å². The summed E-state index contributed by atoms with van der Waals surface area (Å²) >= 11 is 0. The molecule has 5 heteroatoms. The summed E-state index contributed by atoms with van der Waals surface area (Å²) in [6.07, 6.45) is 1.83. The summed E-state index contributed by atoms with van der Waals surface area (Å²) < 4.78 is 10.5. The van der Waals surface area contributed by atoms with Gasteiger partial charge in [-0.1, -0.05) is 13.8 Å². The van der Waals surface area contributed by atoms with Crippen molar-refractivity contribution in [3.8, 4) is 22.9 Å². The number of nitrogens with one attached hydrogen (secondary N) is 1. The van der Waals surface area contributed by atoms with Gasteiger partial charge in [0.25, 0.3) is 0 Å². The number of nitrogens with two attached hydrogens (primary N) is 1. The highest BCUT2D eigenvalue weighted by atomic mass is 16.5. The number of imidazole rings is 1. The summed E-state index contributed by atoms with van der Waals surface area (Å²) in [5, 5.41) is 0. The van der Waals surface area contributed by atoms with Gasteiger partial charge in [-0.2, -0.15) is 0 Å². The standard InChI is InChI=1S/C14H19N3O2/c1-8(2)11-7-16-14(17-11)9-5-12(18-3)13(19-4)6-10(9)15/h5-8H,15H2,1-4H3,(H,16,17). The van der Waals surface area contributed by atoms with Gasteiger partial charge in [0.2, 0.25) is 0 Å². The maximum absolute atomic E-state index is 6.04. The van der Waals surface area contributed by atoms with Crippen molar-refractivity contribution in [2.75, 3.05) is 20.0 Å². The number of methoxy groups -OCH3 is 2. The molecule has 0 bridgehead atoms. The van der Waals surface area contributed by atoms with Gasteiger partial charge in [0.15, 0.2) is 11.5 Å². The Morgan fingerprint density at radius 1 is 1.16 bits per heavy atom. The third-order valence-corrected chi connectivity index (χ3v) is 3.03. The molecule has 1 aromatic carbocycles. The van der Waals surface area contributed by atoms with E-state index in [4.69, 9.17) is 15.2 Å². The summed E-state index contributed by atoms with van der Waals surface area (Å²) in [5.74, 6) is 2.37. The van der Waals surface area contributed by atoms with Crippen LogP contribution >= 0.6 is 0 Å². The minimum absolute atomic E-state index is 0.391. The maximum atomic E-state index is 6.04. The molecule has 19 heavy (non-hydrogen) atoms. The molecule has 0 aliphatic carbocycles. The minimum atomic E-state index is 0.391. The second-order valence-electron chi connectivity index (χ2n) is 4.64. The van der Waals surface area contributed by atoms with Gasteiger partial charge in [0.05, 0.1) is 14.2 Å². The van der Waals surface area contributed by atoms with Crippen LogP contribution in [0.25, 0.3) is 11.4 Å². The molecule has 0 saturated heterocycles. The average molecular weight is 261 g/mol. The number of anilines is 1. The monoisotopic (exact) mass is 261 g/mol. The number of hydrogen-bond donors (Lipinski definition) is 2. The number of hydrogen-bond acceptors (Lipinski definition) is 4. The van der Waals surface area contributed by atoms with Crippen molar-refractivity contribution < 1.29 is 9.47 Å². The number of nitrogen functional groups attached to an aromatic ring is 1. The molecule has 5 nitrogen and oxygen atoms in total. The van der Waals surface area contributed by atoms with E-state index in [2.05, 4.69) is 23.8 Å². The largest absolute Gasteiger partial charge is 0.493 e. The lowest BCUT2D eigenvalue weighted by molar-refractivity contribution is 0.355. The lowest BCUT2D eigenvalue weighted by atomic mass is 10.1. The van der Waals surface area contributed by atoms with Crippen molar-refractivity contribution in [3.05, 3.63) is 24.0 Å². The van der Waals surface area contributed by atoms with Gasteiger partial charge in [0, 0.05) is 29.2 Å². The smallest absolute Gasteiger partial charge is 0.162 e. The van der Waals surface area contributed by atoms with Crippen LogP contribution in [0.4, 0.5) is 5.69 Å². The highest BCUT2D eigenvalue weighted by molar-refractivity contribution is 5.76. The molecular weight excluding hydrogens is 242 g/mol.